The molecule has 52 heavy (non-hydrogen) atoms. The number of aliphatic hydroxyl groups is 3. The highest BCUT2D eigenvalue weighted by Gasteiger charge is 2.56. The average Bonchev–Trinajstić information content (AvgIpc) is 3.59. The lowest BCUT2D eigenvalue weighted by molar-refractivity contribution is -0.344. The van der Waals surface area contributed by atoms with Crippen LogP contribution in [0.1, 0.15) is 31.3 Å². The number of phenolic OH excluding ortho intramolecular Hbond substituents is 1. The van der Waals surface area contributed by atoms with Crippen molar-refractivity contribution in [1.82, 2.24) is 0 Å². The lowest BCUT2D eigenvalue weighted by Gasteiger charge is -2.45. The Morgan fingerprint density at radius 1 is 0.654 bits per heavy atom. The molecule has 0 spiro atoms. The minimum absolute atomic E-state index is 0.0137. The maximum absolute atomic E-state index is 13.5. The second-order valence-corrected chi connectivity index (χ2v) is 13.6. The summed E-state index contributed by atoms with van der Waals surface area (Å²) in [5, 5.41) is 44.3. The highest BCUT2D eigenvalue weighted by molar-refractivity contribution is 6.28. The Kier molecular flexibility index (Phi) is 7.80. The number of rotatable bonds is 5. The molecule has 6 aromatic rings. The third-order valence-corrected chi connectivity index (χ3v) is 10.4. The van der Waals surface area contributed by atoms with Crippen LogP contribution in [-0.4, -0.2) is 81.8 Å². The first-order valence-electron chi connectivity index (χ1n) is 16.9. The molecule has 270 valence electrons. The van der Waals surface area contributed by atoms with Crippen molar-refractivity contribution in [3.05, 3.63) is 92.6 Å². The van der Waals surface area contributed by atoms with Crippen LogP contribution in [0.15, 0.2) is 79.1 Å². The van der Waals surface area contributed by atoms with E-state index in [1.807, 2.05) is 30.3 Å². The molecule has 3 aliphatic rings. The van der Waals surface area contributed by atoms with Gasteiger partial charge in [0, 0.05) is 21.7 Å². The van der Waals surface area contributed by atoms with Crippen LogP contribution in [-0.2, 0) is 23.7 Å². The van der Waals surface area contributed by atoms with Crippen molar-refractivity contribution in [2.45, 2.75) is 88.5 Å². The highest BCUT2D eigenvalue weighted by Crippen LogP contribution is 2.47. The van der Waals surface area contributed by atoms with Gasteiger partial charge in [-0.3, -0.25) is 0 Å². The van der Waals surface area contributed by atoms with E-state index in [0.717, 1.165) is 5.56 Å². The summed E-state index contributed by atoms with van der Waals surface area (Å²) in [5.74, 6) is -0.309. The highest BCUT2D eigenvalue weighted by atomic mass is 16.8. The Balaban J connectivity index is 1.19. The van der Waals surface area contributed by atoms with E-state index in [9.17, 15) is 30.0 Å². The largest absolute Gasteiger partial charge is 0.506 e. The summed E-state index contributed by atoms with van der Waals surface area (Å²) in [4.78, 5) is 26.8. The van der Waals surface area contributed by atoms with Crippen molar-refractivity contribution < 1.29 is 57.7 Å². The molecule has 4 aromatic carbocycles. The van der Waals surface area contributed by atoms with Gasteiger partial charge >= 0.3 is 11.3 Å². The molecule has 0 saturated carbocycles. The molecule has 3 fully saturated rings. The fourth-order valence-electron chi connectivity index (χ4n) is 7.72. The zero-order valence-corrected chi connectivity index (χ0v) is 28.0. The number of fused-ring (bicyclic) bond motifs is 3. The van der Waals surface area contributed by atoms with E-state index in [0.29, 0.717) is 10.9 Å². The molecule has 4 N–H and O–H groups in total. The molecular formula is C38H34O14. The summed E-state index contributed by atoms with van der Waals surface area (Å²) in [6, 6.07) is 17.2. The Hall–Kier alpha value is -4.64. The number of aromatic hydroxyl groups is 1. The minimum atomic E-state index is -1.65. The Morgan fingerprint density at radius 2 is 1.38 bits per heavy atom. The van der Waals surface area contributed by atoms with Crippen molar-refractivity contribution >= 4 is 43.5 Å². The molecule has 14 nitrogen and oxygen atoms in total. The lowest BCUT2D eigenvalue weighted by atomic mass is 9.95. The van der Waals surface area contributed by atoms with Crippen LogP contribution in [0, 0.1) is 6.92 Å². The molecule has 0 bridgehead atoms. The number of hydrogen-bond acceptors (Lipinski definition) is 14. The lowest BCUT2D eigenvalue weighted by Crippen LogP contribution is -2.63. The Bertz CT molecular complexity index is 2440. The van der Waals surface area contributed by atoms with E-state index in [2.05, 4.69) is 0 Å². The van der Waals surface area contributed by atoms with Crippen LogP contribution in [0.5, 0.6) is 11.5 Å². The smallest absolute Gasteiger partial charge is 0.348 e. The molecule has 9 rings (SSSR count). The van der Waals surface area contributed by atoms with Crippen LogP contribution in [0.3, 0.4) is 0 Å². The molecule has 14 heteroatoms. The van der Waals surface area contributed by atoms with Gasteiger partial charge in [-0.15, -0.1) is 0 Å². The van der Waals surface area contributed by atoms with Crippen LogP contribution < -0.4 is 16.0 Å². The van der Waals surface area contributed by atoms with Crippen molar-refractivity contribution in [1.29, 1.82) is 0 Å². The average molecular weight is 715 g/mol. The molecule has 0 amide bonds. The summed E-state index contributed by atoms with van der Waals surface area (Å²) in [7, 11) is 0. The first-order chi connectivity index (χ1) is 25.0. The number of benzene rings is 4. The van der Waals surface area contributed by atoms with E-state index in [4.69, 9.17) is 37.3 Å². The monoisotopic (exact) mass is 714 g/mol. The van der Waals surface area contributed by atoms with Gasteiger partial charge in [-0.05, 0) is 38.5 Å². The predicted octanol–water partition coefficient (Wildman–Crippen LogP) is 3.48. The van der Waals surface area contributed by atoms with E-state index in [1.54, 1.807) is 44.2 Å². The Labute approximate surface area is 293 Å². The molecule has 5 heterocycles. The van der Waals surface area contributed by atoms with Crippen LogP contribution in [0.25, 0.3) is 43.5 Å². The molecule has 2 aromatic heterocycles. The van der Waals surface area contributed by atoms with Crippen molar-refractivity contribution in [3.63, 3.8) is 0 Å². The molecule has 0 unspecified atom stereocenters. The van der Waals surface area contributed by atoms with Crippen LogP contribution in [0.2, 0.25) is 0 Å². The van der Waals surface area contributed by atoms with Gasteiger partial charge in [0.15, 0.2) is 24.3 Å². The van der Waals surface area contributed by atoms with Gasteiger partial charge in [-0.1, -0.05) is 48.5 Å². The standard InChI is InChI=1S/C38H34O14/c1-14-12-13-20-23-21(14)34(43)49-31-22-18(27(40)25(24(23)31)35(44)47-20)10-7-11-19(22)48-38-33(52-37-29(42)28(41)26(39)15(2)45-37)32-30(16(3)46-38)50-36(51-32)17-8-5-4-6-9-17/h4-13,15-16,26,28-30,32-33,36-42H,1-3H3/t15-,16-,26+,28+,29-,30+,32+,33-,36-,37-,38+/m1/s1. The molecular weight excluding hydrogens is 680 g/mol. The van der Waals surface area contributed by atoms with Gasteiger partial charge < -0.3 is 57.7 Å². The van der Waals surface area contributed by atoms with E-state index in [1.165, 1.54) is 6.92 Å². The van der Waals surface area contributed by atoms with Crippen molar-refractivity contribution in [2.24, 2.45) is 0 Å². The quantitative estimate of drug-likeness (QED) is 0.115. The van der Waals surface area contributed by atoms with Crippen LogP contribution in [0.4, 0.5) is 0 Å². The summed E-state index contributed by atoms with van der Waals surface area (Å²) in [5.41, 5.74) is -0.0274. The molecule has 3 aliphatic heterocycles. The third kappa shape index (κ3) is 4.94. The van der Waals surface area contributed by atoms with Gasteiger partial charge in [-0.2, -0.15) is 0 Å². The van der Waals surface area contributed by atoms with E-state index in [-0.39, 0.29) is 43.8 Å². The summed E-state index contributed by atoms with van der Waals surface area (Å²) in [6.07, 6.45) is -12.4. The minimum Gasteiger partial charge on any atom is -0.506 e. The number of phenols is 1. The zero-order valence-electron chi connectivity index (χ0n) is 28.0. The van der Waals surface area contributed by atoms with Gasteiger partial charge in [0.05, 0.1) is 23.0 Å². The molecule has 0 radical (unpaired) electrons. The summed E-state index contributed by atoms with van der Waals surface area (Å²) < 4.78 is 49.4. The predicted molar refractivity (Wildman–Crippen MR) is 182 cm³/mol. The maximum atomic E-state index is 13.5. The van der Waals surface area contributed by atoms with Gasteiger partial charge in [0.1, 0.15) is 53.0 Å². The number of hydrogen-bond donors (Lipinski definition) is 4. The fourth-order valence-corrected chi connectivity index (χ4v) is 7.72. The van der Waals surface area contributed by atoms with Gasteiger partial charge in [-0.25, -0.2) is 9.59 Å². The third-order valence-electron chi connectivity index (χ3n) is 10.4. The SMILES string of the molecule is Cc1ccc2oc(=O)c3c(O)c4cccc(O[C@@H]5O[C@H](C)[C@@H]6O[C@@H](c7ccccc7)O[C@@H]6[C@H]5O[C@H]5O[C@H](C)[C@H](O)[C@H](O)[C@H]5O)c4c4oc(=O)c1c2c34. The number of ether oxygens (including phenoxy) is 6. The number of aliphatic hydroxyl groups excluding tert-OH is 3. The van der Waals surface area contributed by atoms with Crippen LogP contribution >= 0.6 is 0 Å². The van der Waals surface area contributed by atoms with Crippen molar-refractivity contribution in [2.75, 3.05) is 0 Å². The molecule has 3 saturated heterocycles. The maximum Gasteiger partial charge on any atom is 0.348 e. The van der Waals surface area contributed by atoms with Gasteiger partial charge in [0.2, 0.25) is 6.29 Å². The zero-order chi connectivity index (χ0) is 36.2. The van der Waals surface area contributed by atoms with E-state index >= 15 is 0 Å². The summed E-state index contributed by atoms with van der Waals surface area (Å²) >= 11 is 0. The molecule has 11 atom stereocenters. The topological polar surface area (TPSA) is 197 Å². The molecule has 0 aliphatic carbocycles. The second kappa shape index (κ2) is 12.2. The fraction of sp³-hybridized carbons (Fsp3) is 0.368. The first-order valence-corrected chi connectivity index (χ1v) is 16.9. The second-order valence-electron chi connectivity index (χ2n) is 13.6. The van der Waals surface area contributed by atoms with E-state index < -0.39 is 84.7 Å². The van der Waals surface area contributed by atoms with Crippen molar-refractivity contribution in [3.8, 4) is 11.5 Å². The Morgan fingerprint density at radius 3 is 2.17 bits per heavy atom. The van der Waals surface area contributed by atoms with Gasteiger partial charge in [0.25, 0.3) is 0 Å². The normalized spacial score (nSPS) is 32.2. The number of aryl methyl sites for hydroxylation is 1. The summed E-state index contributed by atoms with van der Waals surface area (Å²) in [6.45, 7) is 5.04. The first kappa shape index (κ1) is 33.2.